The number of carbonyl (C=O) groups excluding carboxylic acids is 1. The van der Waals surface area contributed by atoms with Crippen LogP contribution in [-0.2, 0) is 11.2 Å². The van der Waals surface area contributed by atoms with Crippen molar-refractivity contribution in [1.29, 1.82) is 0 Å². The van der Waals surface area contributed by atoms with E-state index in [2.05, 4.69) is 4.98 Å². The molecule has 3 heteroatoms. The molecule has 0 amide bonds. The Bertz CT molecular complexity index is 449. The van der Waals surface area contributed by atoms with E-state index in [-0.39, 0.29) is 11.2 Å². The van der Waals surface area contributed by atoms with Crippen molar-refractivity contribution >= 4 is 11.9 Å². The van der Waals surface area contributed by atoms with E-state index < -0.39 is 0 Å². The third-order valence-corrected chi connectivity index (χ3v) is 1.90. The molecule has 3 nitrogen and oxygen atoms in total. The third-order valence-electron chi connectivity index (χ3n) is 1.90. The van der Waals surface area contributed by atoms with Crippen molar-refractivity contribution in [3.05, 3.63) is 45.9 Å². The van der Waals surface area contributed by atoms with Gasteiger partial charge in [-0.05, 0) is 29.8 Å². The first-order valence-corrected chi connectivity index (χ1v) is 3.96. The number of fused-ring (bicyclic) bond motifs is 1. The van der Waals surface area contributed by atoms with Gasteiger partial charge in [-0.2, -0.15) is 0 Å². The number of hydrogen-bond acceptors (Lipinski definition) is 3. The first-order valence-electron chi connectivity index (χ1n) is 3.96. The second kappa shape index (κ2) is 2.94. The Kier molecular flexibility index (Phi) is 1.77. The number of nitrogens with zero attached hydrogens (tertiary/aromatic N) is 1. The fourth-order valence-electron chi connectivity index (χ4n) is 1.23. The lowest BCUT2D eigenvalue weighted by Gasteiger charge is -2.03. The zero-order valence-corrected chi connectivity index (χ0v) is 6.86. The minimum absolute atomic E-state index is 0.0265. The summed E-state index contributed by atoms with van der Waals surface area (Å²) in [5.74, 6) is 0.0265. The molecule has 0 aromatic carbocycles. The summed E-state index contributed by atoms with van der Waals surface area (Å²) in [6.07, 6.45) is 4.73. The summed E-state index contributed by atoms with van der Waals surface area (Å²) in [4.78, 5) is 25.9. The summed E-state index contributed by atoms with van der Waals surface area (Å²) in [6.45, 7) is 0. The van der Waals surface area contributed by atoms with Crippen LogP contribution in [0, 0.1) is 0 Å². The minimum Gasteiger partial charge on any atom is -0.294 e. The molecule has 0 bridgehead atoms. The Balaban J connectivity index is 2.65. The summed E-state index contributed by atoms with van der Waals surface area (Å²) in [7, 11) is 0. The van der Waals surface area contributed by atoms with Crippen LogP contribution in [0.25, 0.3) is 6.08 Å². The summed E-state index contributed by atoms with van der Waals surface area (Å²) >= 11 is 0. The maximum atomic E-state index is 11.0. The largest absolute Gasteiger partial charge is 0.294 e. The number of ketones is 1. The van der Waals surface area contributed by atoms with Crippen molar-refractivity contribution in [3.8, 4) is 0 Å². The van der Waals surface area contributed by atoms with Gasteiger partial charge in [0.25, 0.3) is 0 Å². The van der Waals surface area contributed by atoms with Gasteiger partial charge in [0.2, 0.25) is 0 Å². The number of allylic oxidation sites excluding steroid dienone is 1. The molecule has 0 radical (unpaired) electrons. The zero-order valence-electron chi connectivity index (χ0n) is 6.86. The van der Waals surface area contributed by atoms with Gasteiger partial charge in [-0.3, -0.25) is 14.6 Å². The molecule has 0 aliphatic heterocycles. The van der Waals surface area contributed by atoms with Crippen molar-refractivity contribution < 1.29 is 4.79 Å². The average Bonchev–Trinajstić information content (AvgIpc) is 2.29. The normalized spacial score (nSPS) is 14.0. The molecule has 1 aliphatic rings. The SMILES string of the molecule is O=C1C=Cc2ccc(=O)cnc2C1. The van der Waals surface area contributed by atoms with Crippen LogP contribution in [0.3, 0.4) is 0 Å². The molecule has 1 aromatic rings. The molecular formula is C10H7NO2. The highest BCUT2D eigenvalue weighted by Crippen LogP contribution is 2.11. The molecule has 13 heavy (non-hydrogen) atoms. The van der Waals surface area contributed by atoms with Crippen LogP contribution >= 0.6 is 0 Å². The molecule has 0 saturated carbocycles. The van der Waals surface area contributed by atoms with Gasteiger partial charge in [-0.15, -0.1) is 0 Å². The van der Waals surface area contributed by atoms with Gasteiger partial charge in [-0.25, -0.2) is 0 Å². The van der Waals surface area contributed by atoms with Crippen molar-refractivity contribution in [2.45, 2.75) is 6.42 Å². The van der Waals surface area contributed by atoms with E-state index in [9.17, 15) is 9.59 Å². The van der Waals surface area contributed by atoms with Crippen molar-refractivity contribution in [3.63, 3.8) is 0 Å². The van der Waals surface area contributed by atoms with Gasteiger partial charge >= 0.3 is 0 Å². The molecule has 0 saturated heterocycles. The van der Waals surface area contributed by atoms with Crippen LogP contribution in [0.4, 0.5) is 0 Å². The van der Waals surface area contributed by atoms with E-state index in [4.69, 9.17) is 0 Å². The Labute approximate surface area is 74.7 Å². The Morgan fingerprint density at radius 1 is 1.15 bits per heavy atom. The van der Waals surface area contributed by atoms with Crippen molar-refractivity contribution in [1.82, 2.24) is 4.98 Å². The van der Waals surface area contributed by atoms with Crippen LogP contribution < -0.4 is 5.43 Å². The molecule has 0 unspecified atom stereocenters. The molecule has 2 rings (SSSR count). The fourth-order valence-corrected chi connectivity index (χ4v) is 1.23. The molecule has 1 aliphatic carbocycles. The predicted molar refractivity (Wildman–Crippen MR) is 48.3 cm³/mol. The zero-order chi connectivity index (χ0) is 9.26. The first-order chi connectivity index (χ1) is 6.25. The highest BCUT2D eigenvalue weighted by Gasteiger charge is 2.09. The number of rotatable bonds is 0. The lowest BCUT2D eigenvalue weighted by Crippen LogP contribution is -2.05. The van der Waals surface area contributed by atoms with Crippen LogP contribution in [-0.4, -0.2) is 10.8 Å². The van der Waals surface area contributed by atoms with Crippen LogP contribution in [0.2, 0.25) is 0 Å². The maximum Gasteiger partial charge on any atom is 0.196 e. The average molecular weight is 173 g/mol. The molecule has 0 N–H and O–H groups in total. The highest BCUT2D eigenvalue weighted by molar-refractivity contribution is 5.97. The Morgan fingerprint density at radius 3 is 2.85 bits per heavy atom. The maximum absolute atomic E-state index is 11.0. The smallest absolute Gasteiger partial charge is 0.196 e. The lowest BCUT2D eigenvalue weighted by molar-refractivity contribution is -0.114. The van der Waals surface area contributed by atoms with E-state index in [1.807, 2.05) is 0 Å². The lowest BCUT2D eigenvalue weighted by atomic mass is 10.0. The van der Waals surface area contributed by atoms with E-state index in [0.717, 1.165) is 5.56 Å². The Hall–Kier alpha value is -1.77. The van der Waals surface area contributed by atoms with Crippen LogP contribution in [0.15, 0.2) is 29.2 Å². The molecule has 0 atom stereocenters. The molecule has 1 heterocycles. The van der Waals surface area contributed by atoms with Crippen LogP contribution in [0.1, 0.15) is 11.3 Å². The summed E-state index contributed by atoms with van der Waals surface area (Å²) in [5, 5.41) is 0. The van der Waals surface area contributed by atoms with Gasteiger partial charge in [-0.1, -0.05) is 0 Å². The topological polar surface area (TPSA) is 47.0 Å². The van der Waals surface area contributed by atoms with E-state index in [1.54, 1.807) is 12.1 Å². The molecule has 1 aromatic heterocycles. The minimum atomic E-state index is -0.143. The van der Waals surface area contributed by atoms with Crippen LogP contribution in [0.5, 0.6) is 0 Å². The Morgan fingerprint density at radius 2 is 2.00 bits per heavy atom. The van der Waals surface area contributed by atoms with Gasteiger partial charge in [0.05, 0.1) is 18.3 Å². The first kappa shape index (κ1) is 7.86. The van der Waals surface area contributed by atoms with Gasteiger partial charge < -0.3 is 0 Å². The van der Waals surface area contributed by atoms with E-state index in [1.165, 1.54) is 18.3 Å². The second-order valence-electron chi connectivity index (χ2n) is 2.87. The predicted octanol–water partition coefficient (Wildman–Crippen LogP) is 0.580. The van der Waals surface area contributed by atoms with E-state index >= 15 is 0 Å². The molecular weight excluding hydrogens is 166 g/mol. The molecule has 0 fully saturated rings. The number of hydrogen-bond donors (Lipinski definition) is 0. The highest BCUT2D eigenvalue weighted by atomic mass is 16.1. The summed E-state index contributed by atoms with van der Waals surface area (Å²) in [5.41, 5.74) is 1.38. The summed E-state index contributed by atoms with van der Waals surface area (Å²) in [6, 6.07) is 3.14. The van der Waals surface area contributed by atoms with Gasteiger partial charge in [0.1, 0.15) is 0 Å². The van der Waals surface area contributed by atoms with Crippen molar-refractivity contribution in [2.24, 2.45) is 0 Å². The number of carbonyl (C=O) groups is 1. The summed E-state index contributed by atoms with van der Waals surface area (Å²) < 4.78 is 0. The molecule has 0 spiro atoms. The van der Waals surface area contributed by atoms with E-state index in [0.29, 0.717) is 12.1 Å². The standard InChI is InChI=1S/C10H7NO2/c12-8-3-1-7-2-4-9(13)6-11-10(7)5-8/h1-4,6H,5H2. The quantitative estimate of drug-likeness (QED) is 0.576. The second-order valence-corrected chi connectivity index (χ2v) is 2.87. The molecule has 64 valence electrons. The monoisotopic (exact) mass is 173 g/mol. The van der Waals surface area contributed by atoms with Gasteiger partial charge in [0, 0.05) is 0 Å². The van der Waals surface area contributed by atoms with Crippen molar-refractivity contribution in [2.75, 3.05) is 0 Å². The third kappa shape index (κ3) is 1.54. The number of aromatic nitrogens is 1. The van der Waals surface area contributed by atoms with Gasteiger partial charge in [0.15, 0.2) is 11.2 Å². The fraction of sp³-hybridized carbons (Fsp3) is 0.100.